The van der Waals surface area contributed by atoms with Crippen molar-refractivity contribution in [1.29, 1.82) is 0 Å². The van der Waals surface area contributed by atoms with Crippen LogP contribution < -0.4 is 10.2 Å². The van der Waals surface area contributed by atoms with Gasteiger partial charge in [0, 0.05) is 57.9 Å². The predicted octanol–water partition coefficient (Wildman–Crippen LogP) is 2.47. The van der Waals surface area contributed by atoms with Crippen LogP contribution in [-0.2, 0) is 4.79 Å². The van der Waals surface area contributed by atoms with Gasteiger partial charge in [0.15, 0.2) is 0 Å². The van der Waals surface area contributed by atoms with E-state index in [4.69, 9.17) is 0 Å². The van der Waals surface area contributed by atoms with Crippen LogP contribution in [0.4, 0.5) is 10.5 Å². The van der Waals surface area contributed by atoms with Crippen LogP contribution in [-0.4, -0.2) is 68.1 Å². The minimum absolute atomic E-state index is 0.0333. The Morgan fingerprint density at radius 3 is 2.30 bits per heavy atom. The minimum Gasteiger partial charge on any atom is -0.371 e. The Morgan fingerprint density at radius 1 is 1.04 bits per heavy atom. The van der Waals surface area contributed by atoms with Crippen molar-refractivity contribution in [2.24, 2.45) is 5.92 Å². The number of carbonyl (C=O) groups is 2. The molecule has 27 heavy (non-hydrogen) atoms. The van der Waals surface area contributed by atoms with Gasteiger partial charge in [0.2, 0.25) is 5.91 Å². The largest absolute Gasteiger partial charge is 0.371 e. The van der Waals surface area contributed by atoms with Crippen LogP contribution >= 0.6 is 0 Å². The van der Waals surface area contributed by atoms with Crippen LogP contribution in [0.25, 0.3) is 0 Å². The molecule has 6 nitrogen and oxygen atoms in total. The van der Waals surface area contributed by atoms with Gasteiger partial charge in [-0.3, -0.25) is 4.79 Å². The monoisotopic (exact) mass is 372 g/mol. The molecular formula is C21H32N4O2. The lowest BCUT2D eigenvalue weighted by Gasteiger charge is -2.36. The summed E-state index contributed by atoms with van der Waals surface area (Å²) >= 11 is 0. The van der Waals surface area contributed by atoms with Crippen LogP contribution in [0.2, 0.25) is 0 Å². The highest BCUT2D eigenvalue weighted by Gasteiger charge is 2.30. The van der Waals surface area contributed by atoms with E-state index < -0.39 is 0 Å². The second-order valence-corrected chi connectivity index (χ2v) is 8.05. The van der Waals surface area contributed by atoms with Crippen molar-refractivity contribution in [3.05, 3.63) is 29.8 Å². The summed E-state index contributed by atoms with van der Waals surface area (Å²) in [6.45, 7) is 5.41. The molecule has 3 amide bonds. The van der Waals surface area contributed by atoms with E-state index in [-0.39, 0.29) is 23.9 Å². The first kappa shape index (κ1) is 19.5. The SMILES string of the molecule is Cc1cccc(N2CCC(NC(=O)C3CCN(C(=O)N(C)C)CC3)CC2)c1. The van der Waals surface area contributed by atoms with Crippen LogP contribution in [0, 0.1) is 12.8 Å². The molecule has 0 unspecified atom stereocenters. The molecule has 0 bridgehead atoms. The highest BCUT2D eigenvalue weighted by molar-refractivity contribution is 5.80. The zero-order valence-electron chi connectivity index (χ0n) is 16.8. The van der Waals surface area contributed by atoms with Crippen molar-refractivity contribution in [3.8, 4) is 0 Å². The van der Waals surface area contributed by atoms with E-state index in [9.17, 15) is 9.59 Å². The fraction of sp³-hybridized carbons (Fsp3) is 0.619. The number of hydrogen-bond acceptors (Lipinski definition) is 3. The van der Waals surface area contributed by atoms with Gasteiger partial charge in [-0.05, 0) is 50.3 Å². The van der Waals surface area contributed by atoms with Gasteiger partial charge in [-0.2, -0.15) is 0 Å². The van der Waals surface area contributed by atoms with Crippen molar-refractivity contribution >= 4 is 17.6 Å². The van der Waals surface area contributed by atoms with Gasteiger partial charge >= 0.3 is 6.03 Å². The molecule has 2 heterocycles. The van der Waals surface area contributed by atoms with Crippen LogP contribution in [0.5, 0.6) is 0 Å². The van der Waals surface area contributed by atoms with E-state index in [0.29, 0.717) is 13.1 Å². The summed E-state index contributed by atoms with van der Waals surface area (Å²) in [4.78, 5) is 30.5. The van der Waals surface area contributed by atoms with Gasteiger partial charge in [-0.15, -0.1) is 0 Å². The van der Waals surface area contributed by atoms with Crippen molar-refractivity contribution in [1.82, 2.24) is 15.1 Å². The van der Waals surface area contributed by atoms with Crippen LogP contribution in [0.3, 0.4) is 0 Å². The standard InChI is InChI=1S/C21H32N4O2/c1-16-5-4-6-19(15-16)24-13-9-18(10-14-24)22-20(26)17-7-11-25(12-8-17)21(27)23(2)3/h4-6,15,17-18H,7-14H2,1-3H3,(H,22,26). The number of likely N-dealkylation sites (tertiary alicyclic amines) is 1. The number of aryl methyl sites for hydroxylation is 1. The van der Waals surface area contributed by atoms with Gasteiger partial charge in [0.05, 0.1) is 0 Å². The zero-order valence-corrected chi connectivity index (χ0v) is 16.8. The molecule has 1 N–H and O–H groups in total. The van der Waals surface area contributed by atoms with Gasteiger partial charge in [-0.1, -0.05) is 12.1 Å². The van der Waals surface area contributed by atoms with E-state index in [2.05, 4.69) is 41.4 Å². The van der Waals surface area contributed by atoms with E-state index in [1.807, 2.05) is 4.90 Å². The number of anilines is 1. The Bertz CT molecular complexity index is 660. The van der Waals surface area contributed by atoms with E-state index >= 15 is 0 Å². The summed E-state index contributed by atoms with van der Waals surface area (Å²) in [5, 5.41) is 3.26. The lowest BCUT2D eigenvalue weighted by atomic mass is 9.94. The summed E-state index contributed by atoms with van der Waals surface area (Å²) in [5.41, 5.74) is 2.56. The number of carbonyl (C=O) groups excluding carboxylic acids is 2. The van der Waals surface area contributed by atoms with E-state index in [0.717, 1.165) is 38.8 Å². The van der Waals surface area contributed by atoms with Gasteiger partial charge in [-0.25, -0.2) is 4.79 Å². The summed E-state index contributed by atoms with van der Waals surface area (Å²) < 4.78 is 0. The van der Waals surface area contributed by atoms with Crippen LogP contribution in [0.15, 0.2) is 24.3 Å². The Kier molecular flexibility index (Phi) is 6.24. The average molecular weight is 373 g/mol. The maximum atomic E-state index is 12.6. The van der Waals surface area contributed by atoms with Crippen molar-refractivity contribution in [2.45, 2.75) is 38.6 Å². The highest BCUT2D eigenvalue weighted by Crippen LogP contribution is 2.22. The topological polar surface area (TPSA) is 55.9 Å². The summed E-state index contributed by atoms with van der Waals surface area (Å²) in [7, 11) is 3.54. The summed E-state index contributed by atoms with van der Waals surface area (Å²) in [6.07, 6.45) is 3.48. The number of urea groups is 1. The van der Waals surface area contributed by atoms with Crippen LogP contribution in [0.1, 0.15) is 31.2 Å². The predicted molar refractivity (Wildman–Crippen MR) is 108 cm³/mol. The van der Waals surface area contributed by atoms with E-state index in [1.165, 1.54) is 11.3 Å². The number of nitrogens with zero attached hydrogens (tertiary/aromatic N) is 3. The van der Waals surface area contributed by atoms with Crippen molar-refractivity contribution < 1.29 is 9.59 Å². The Labute approximate surface area is 162 Å². The summed E-state index contributed by atoms with van der Waals surface area (Å²) in [6, 6.07) is 8.91. The fourth-order valence-corrected chi connectivity index (χ4v) is 4.04. The first-order valence-electron chi connectivity index (χ1n) is 10.0. The Hall–Kier alpha value is -2.24. The van der Waals surface area contributed by atoms with Crippen molar-refractivity contribution in [2.75, 3.05) is 45.2 Å². The molecular weight excluding hydrogens is 340 g/mol. The minimum atomic E-state index is 0.0333. The number of piperidine rings is 2. The molecule has 1 aromatic rings. The normalized spacial score (nSPS) is 19.1. The van der Waals surface area contributed by atoms with Crippen molar-refractivity contribution in [3.63, 3.8) is 0 Å². The molecule has 148 valence electrons. The molecule has 2 aliphatic heterocycles. The lowest BCUT2D eigenvalue weighted by molar-refractivity contribution is -0.127. The second-order valence-electron chi connectivity index (χ2n) is 8.05. The molecule has 0 spiro atoms. The molecule has 1 aromatic carbocycles. The number of nitrogens with one attached hydrogen (secondary N) is 1. The molecule has 3 rings (SSSR count). The average Bonchev–Trinajstić information content (AvgIpc) is 2.68. The first-order chi connectivity index (χ1) is 12.9. The molecule has 0 saturated carbocycles. The quantitative estimate of drug-likeness (QED) is 0.887. The number of hydrogen-bond donors (Lipinski definition) is 1. The third-order valence-electron chi connectivity index (χ3n) is 5.73. The smallest absolute Gasteiger partial charge is 0.319 e. The fourth-order valence-electron chi connectivity index (χ4n) is 4.04. The third-order valence-corrected chi connectivity index (χ3v) is 5.73. The molecule has 0 atom stereocenters. The number of rotatable bonds is 3. The first-order valence-corrected chi connectivity index (χ1v) is 10.0. The molecule has 2 fully saturated rings. The maximum Gasteiger partial charge on any atom is 0.319 e. The molecule has 0 aliphatic carbocycles. The molecule has 0 radical (unpaired) electrons. The Morgan fingerprint density at radius 2 is 1.70 bits per heavy atom. The van der Waals surface area contributed by atoms with Gasteiger partial charge in [0.25, 0.3) is 0 Å². The maximum absolute atomic E-state index is 12.6. The molecule has 2 saturated heterocycles. The van der Waals surface area contributed by atoms with E-state index in [1.54, 1.807) is 19.0 Å². The highest BCUT2D eigenvalue weighted by atomic mass is 16.2. The number of amides is 3. The molecule has 6 heteroatoms. The van der Waals surface area contributed by atoms with Gasteiger partial charge in [0.1, 0.15) is 0 Å². The lowest BCUT2D eigenvalue weighted by Crippen LogP contribution is -2.49. The Balaban J connectivity index is 1.43. The third kappa shape index (κ3) is 4.93. The summed E-state index contributed by atoms with van der Waals surface area (Å²) in [5.74, 6) is 0.201. The molecule has 0 aromatic heterocycles. The second kappa shape index (κ2) is 8.63. The number of benzene rings is 1. The zero-order chi connectivity index (χ0) is 19.4. The van der Waals surface area contributed by atoms with Gasteiger partial charge < -0.3 is 20.0 Å². The molecule has 2 aliphatic rings.